The van der Waals surface area contributed by atoms with Crippen molar-refractivity contribution in [2.45, 2.75) is 74.0 Å². The van der Waals surface area contributed by atoms with Crippen molar-refractivity contribution in [3.8, 4) is 11.8 Å². The van der Waals surface area contributed by atoms with Crippen LogP contribution in [0.25, 0.3) is 21.5 Å². The van der Waals surface area contributed by atoms with Crippen molar-refractivity contribution in [3.05, 3.63) is 120 Å². The summed E-state index contributed by atoms with van der Waals surface area (Å²) in [6.45, 7) is 8.15. The largest absolute Gasteiger partial charge is 0.492 e. The number of rotatable bonds is 15. The van der Waals surface area contributed by atoms with E-state index in [0.29, 0.717) is 58.1 Å². The standard InChI is InChI=1S/C46H48N4O13S3/c1-45(2)37(48(25-11-7-10-14-42(54)63-50-40(52)23-24-41(50)53)35-21-15-29-26-31(65(57,58)59)17-19-33(29)43(35)45)12-8-6-9-13-38-46(3,4)44-34-20-18-32(66(60,61)62)27-30(34)16-22-36(44)49(38)28-39(51)47-64(5,55)56/h6,8-9,12-13,15-24,26-27H,7,10-11,14,25,28H2,1-5H3,(H4-,47,51,52,53,57,58,59,60,61,62)/p+1. The molecular weight excluding hydrogens is 913 g/mol. The Labute approximate surface area is 382 Å². The van der Waals surface area contributed by atoms with E-state index < -0.39 is 64.7 Å². The van der Waals surface area contributed by atoms with Gasteiger partial charge < -0.3 is 20.0 Å². The Morgan fingerprint density at radius 1 is 0.727 bits per heavy atom. The molecule has 0 unspecified atom stereocenters. The van der Waals surface area contributed by atoms with Gasteiger partial charge in [-0.3, -0.25) is 13.9 Å². The molecule has 3 heterocycles. The Hall–Kier alpha value is -6.32. The van der Waals surface area contributed by atoms with Crippen molar-refractivity contribution >= 4 is 80.8 Å². The zero-order chi connectivity index (χ0) is 48.1. The molecule has 4 aromatic carbocycles. The number of carbonyl (C=O) groups excluding carboxylic acids is 2. The Balaban J connectivity index is 1.20. The van der Waals surface area contributed by atoms with E-state index in [-0.39, 0.29) is 22.8 Å². The van der Waals surface area contributed by atoms with E-state index in [1.165, 1.54) is 36.4 Å². The molecule has 0 spiro atoms. The average molecular weight is 962 g/mol. The summed E-state index contributed by atoms with van der Waals surface area (Å²) in [5.74, 6) is -2.23. The second kappa shape index (κ2) is 17.5. The van der Waals surface area contributed by atoms with Crippen LogP contribution in [-0.2, 0) is 50.7 Å². The number of fused-ring (bicyclic) bond motifs is 6. The van der Waals surface area contributed by atoms with E-state index in [4.69, 9.17) is 4.84 Å². The number of unbranched alkanes of at least 4 members (excludes halogenated alkanes) is 2. The smallest absolute Gasteiger partial charge is 0.333 e. The minimum atomic E-state index is -4.49. The maximum absolute atomic E-state index is 13.1. The third-order valence-electron chi connectivity index (χ3n) is 11.8. The number of hydrogen-bond donors (Lipinski definition) is 5. The van der Waals surface area contributed by atoms with Crippen LogP contribution in [0.3, 0.4) is 0 Å². The number of benzene rings is 4. The number of amides is 1. The fourth-order valence-electron chi connectivity index (χ4n) is 8.97. The maximum Gasteiger partial charge on any atom is 0.333 e. The lowest BCUT2D eigenvalue weighted by Gasteiger charge is -2.27. The maximum atomic E-state index is 13.1. The Morgan fingerprint density at radius 3 is 1.91 bits per heavy atom. The highest BCUT2D eigenvalue weighted by molar-refractivity contribution is 7.89. The molecule has 0 radical (unpaired) electrons. The molecule has 0 saturated carbocycles. The summed E-state index contributed by atoms with van der Waals surface area (Å²) in [5, 5.41) is 22.2. The number of carbonyl (C=O) groups is 2. The SMILES string of the molecule is CC1(C)C(=CC=CC=CC2=[N+](CC(=O)NS(C)(=O)=O)c3ccc4cc(S(=O)(=O)O)ccc4c3C2(C)C)N(CCCCCC(=O)On2c(O)ccc2O)c2ccc3cc(S(=O)(=O)O)ccc3c21. The third-order valence-corrected chi connectivity index (χ3v) is 14.1. The van der Waals surface area contributed by atoms with Crippen molar-refractivity contribution < 1.29 is 63.6 Å². The summed E-state index contributed by atoms with van der Waals surface area (Å²) in [4.78, 5) is 32.3. The number of allylic oxidation sites excluding steroid dienone is 6. The van der Waals surface area contributed by atoms with Gasteiger partial charge in [-0.25, -0.2) is 17.9 Å². The van der Waals surface area contributed by atoms with Crippen molar-refractivity contribution in [3.63, 3.8) is 0 Å². The van der Waals surface area contributed by atoms with E-state index in [2.05, 4.69) is 18.7 Å². The van der Waals surface area contributed by atoms with Crippen LogP contribution in [-0.4, -0.2) is 90.8 Å². The van der Waals surface area contributed by atoms with Crippen LogP contribution in [0.1, 0.15) is 64.5 Å². The predicted octanol–water partition coefficient (Wildman–Crippen LogP) is 6.16. The summed E-state index contributed by atoms with van der Waals surface area (Å²) < 4.78 is 95.9. The second-order valence-electron chi connectivity index (χ2n) is 17.2. The zero-order valence-corrected chi connectivity index (χ0v) is 39.0. The van der Waals surface area contributed by atoms with Crippen LogP contribution >= 0.6 is 0 Å². The first-order valence-corrected chi connectivity index (χ1v) is 25.4. The van der Waals surface area contributed by atoms with Gasteiger partial charge in [0.25, 0.3) is 26.1 Å². The van der Waals surface area contributed by atoms with Crippen molar-refractivity contribution in [1.82, 2.24) is 9.45 Å². The first-order chi connectivity index (χ1) is 30.8. The highest BCUT2D eigenvalue weighted by atomic mass is 32.2. The Morgan fingerprint density at radius 2 is 1.32 bits per heavy atom. The molecule has 5 N–H and O–H groups in total. The van der Waals surface area contributed by atoms with E-state index in [1.54, 1.807) is 41.0 Å². The van der Waals surface area contributed by atoms with Crippen molar-refractivity contribution in [1.29, 1.82) is 0 Å². The first kappa shape index (κ1) is 47.6. The van der Waals surface area contributed by atoms with Crippen molar-refractivity contribution in [2.75, 3.05) is 24.2 Å². The van der Waals surface area contributed by atoms with E-state index >= 15 is 0 Å². The van der Waals surface area contributed by atoms with Gasteiger partial charge in [0.05, 0.1) is 21.5 Å². The number of anilines is 1. The van der Waals surface area contributed by atoms with Crippen LogP contribution in [0.5, 0.6) is 11.8 Å². The molecule has 0 aliphatic carbocycles. The lowest BCUT2D eigenvalue weighted by atomic mass is 9.79. The van der Waals surface area contributed by atoms with Crippen LogP contribution in [0, 0.1) is 0 Å². The van der Waals surface area contributed by atoms with E-state index in [1.807, 2.05) is 48.9 Å². The molecule has 2 aliphatic rings. The molecule has 5 aromatic rings. The highest BCUT2D eigenvalue weighted by Gasteiger charge is 2.46. The lowest BCUT2D eigenvalue weighted by Crippen LogP contribution is -2.37. The van der Waals surface area contributed by atoms with Crippen LogP contribution in [0.4, 0.5) is 11.4 Å². The van der Waals surface area contributed by atoms with Gasteiger partial charge in [-0.1, -0.05) is 56.7 Å². The zero-order valence-electron chi connectivity index (χ0n) is 36.6. The van der Waals surface area contributed by atoms with E-state index in [0.717, 1.165) is 34.2 Å². The number of nitrogens with one attached hydrogen (secondary N) is 1. The predicted molar refractivity (Wildman–Crippen MR) is 248 cm³/mol. The Bertz CT molecular complexity index is 3290. The topological polar surface area (TPSA) is 250 Å². The molecule has 1 aromatic heterocycles. The molecule has 0 saturated heterocycles. The molecule has 17 nitrogen and oxygen atoms in total. The molecule has 0 fully saturated rings. The molecule has 20 heteroatoms. The van der Waals surface area contributed by atoms with Crippen LogP contribution < -0.4 is 14.5 Å². The summed E-state index contributed by atoms with van der Waals surface area (Å²) >= 11 is 0. The monoisotopic (exact) mass is 961 g/mol. The second-order valence-corrected chi connectivity index (χ2v) is 21.8. The molecule has 1 amide bonds. The molecule has 0 bridgehead atoms. The van der Waals surface area contributed by atoms with Crippen molar-refractivity contribution in [2.24, 2.45) is 0 Å². The van der Waals surface area contributed by atoms with Gasteiger partial charge >= 0.3 is 5.97 Å². The van der Waals surface area contributed by atoms with Gasteiger partial charge in [0.2, 0.25) is 34.0 Å². The Kier molecular flexibility index (Phi) is 12.6. The van der Waals surface area contributed by atoms with Gasteiger partial charge in [0.1, 0.15) is 0 Å². The quantitative estimate of drug-likeness (QED) is 0.0341. The third kappa shape index (κ3) is 9.50. The summed E-state index contributed by atoms with van der Waals surface area (Å²) in [6, 6.07) is 18.2. The number of sulfonamides is 1. The van der Waals surface area contributed by atoms with Crippen LogP contribution in [0.2, 0.25) is 0 Å². The van der Waals surface area contributed by atoms with Gasteiger partial charge in [0, 0.05) is 59.6 Å². The van der Waals surface area contributed by atoms with Gasteiger partial charge in [-0.2, -0.15) is 21.4 Å². The van der Waals surface area contributed by atoms with Gasteiger partial charge in [-0.15, -0.1) is 4.73 Å². The number of aromatic hydroxyl groups is 2. The fraction of sp³-hybridized carbons (Fsp3) is 0.283. The summed E-state index contributed by atoms with van der Waals surface area (Å²) in [6.07, 6.45) is 11.9. The molecule has 7 rings (SSSR count). The highest BCUT2D eigenvalue weighted by Crippen LogP contribution is 2.51. The molecule has 0 atom stereocenters. The summed E-state index contributed by atoms with van der Waals surface area (Å²) in [7, 11) is -12.8. The number of aromatic nitrogens is 1. The van der Waals surface area contributed by atoms with E-state index in [9.17, 15) is 54.2 Å². The minimum absolute atomic E-state index is 0.0313. The molecule has 2 aliphatic heterocycles. The lowest BCUT2D eigenvalue weighted by molar-refractivity contribution is -0.425. The first-order valence-electron chi connectivity index (χ1n) is 20.7. The molecule has 66 heavy (non-hydrogen) atoms. The summed E-state index contributed by atoms with van der Waals surface area (Å²) in [5.41, 5.74) is 3.31. The van der Waals surface area contributed by atoms with Crippen LogP contribution in [0.15, 0.2) is 119 Å². The van der Waals surface area contributed by atoms with Gasteiger partial charge in [-0.05, 0) is 96.3 Å². The fourth-order valence-corrected chi connectivity index (χ4v) is 10.5. The number of hydrogen-bond acceptors (Lipinski definition) is 12. The molecular formula is C46H49N4O13S3+. The number of nitrogens with zero attached hydrogens (tertiary/aromatic N) is 3. The average Bonchev–Trinajstić information content (AvgIpc) is 3.73. The molecule has 348 valence electrons. The van der Waals surface area contributed by atoms with Gasteiger partial charge in [0.15, 0.2) is 5.71 Å². The normalized spacial score (nSPS) is 16.5. The minimum Gasteiger partial charge on any atom is -0.492 e.